The molecule has 1 atom stereocenters. The zero-order valence-electron chi connectivity index (χ0n) is 13.6. The van der Waals surface area contributed by atoms with Gasteiger partial charge in [0.1, 0.15) is 5.75 Å². The van der Waals surface area contributed by atoms with Gasteiger partial charge >= 0.3 is 0 Å². The maximum Gasteiger partial charge on any atom is 0.266 e. The van der Waals surface area contributed by atoms with Gasteiger partial charge in [0.05, 0.1) is 13.2 Å². The Bertz CT molecular complexity index is 816. The Hall–Kier alpha value is -2.82. The SMILES string of the molecule is COc1ccccc1C1CCCN1c1noc(-c2ccccc2)n1. The van der Waals surface area contributed by atoms with Gasteiger partial charge in [0.2, 0.25) is 0 Å². The quantitative estimate of drug-likeness (QED) is 0.724. The number of methoxy groups -OCH3 is 1. The molecule has 1 aromatic heterocycles. The first-order valence-corrected chi connectivity index (χ1v) is 8.15. The molecular weight excluding hydrogens is 302 g/mol. The highest BCUT2D eigenvalue weighted by Gasteiger charge is 2.31. The van der Waals surface area contributed by atoms with Gasteiger partial charge in [-0.1, -0.05) is 36.4 Å². The van der Waals surface area contributed by atoms with E-state index in [1.165, 1.54) is 5.56 Å². The number of nitrogens with zero attached hydrogens (tertiary/aromatic N) is 3. The van der Waals surface area contributed by atoms with E-state index in [9.17, 15) is 0 Å². The van der Waals surface area contributed by atoms with E-state index in [0.29, 0.717) is 11.8 Å². The van der Waals surface area contributed by atoms with Crippen molar-refractivity contribution in [3.05, 3.63) is 60.2 Å². The number of para-hydroxylation sites is 1. The highest BCUT2D eigenvalue weighted by molar-refractivity contribution is 5.55. The molecule has 1 aliphatic rings. The number of benzene rings is 2. The molecule has 0 N–H and O–H groups in total. The molecule has 3 aromatic rings. The molecule has 5 heteroatoms. The number of hydrogen-bond donors (Lipinski definition) is 0. The molecule has 2 aromatic carbocycles. The summed E-state index contributed by atoms with van der Waals surface area (Å²) in [6, 6.07) is 18.2. The zero-order chi connectivity index (χ0) is 16.4. The number of rotatable bonds is 4. The van der Waals surface area contributed by atoms with Crippen LogP contribution in [-0.4, -0.2) is 23.8 Å². The number of ether oxygens (including phenoxy) is 1. The van der Waals surface area contributed by atoms with Crippen molar-refractivity contribution in [2.24, 2.45) is 0 Å². The van der Waals surface area contributed by atoms with Crippen molar-refractivity contribution in [1.29, 1.82) is 0 Å². The summed E-state index contributed by atoms with van der Waals surface area (Å²) < 4.78 is 11.0. The molecule has 0 amide bonds. The van der Waals surface area contributed by atoms with Gasteiger partial charge < -0.3 is 14.2 Å². The number of hydrogen-bond acceptors (Lipinski definition) is 5. The van der Waals surface area contributed by atoms with E-state index in [1.54, 1.807) is 7.11 Å². The third kappa shape index (κ3) is 2.62. The average Bonchev–Trinajstić information content (AvgIpc) is 3.31. The molecule has 4 rings (SSSR count). The molecule has 1 aliphatic heterocycles. The molecule has 0 spiro atoms. The zero-order valence-corrected chi connectivity index (χ0v) is 13.6. The number of aromatic nitrogens is 2. The second kappa shape index (κ2) is 6.35. The van der Waals surface area contributed by atoms with Crippen LogP contribution >= 0.6 is 0 Å². The summed E-state index contributed by atoms with van der Waals surface area (Å²) in [7, 11) is 1.71. The largest absolute Gasteiger partial charge is 0.496 e. The monoisotopic (exact) mass is 321 g/mol. The van der Waals surface area contributed by atoms with E-state index in [1.807, 2.05) is 48.5 Å². The molecule has 0 bridgehead atoms. The van der Waals surface area contributed by atoms with Gasteiger partial charge in [-0.05, 0) is 36.2 Å². The van der Waals surface area contributed by atoms with Crippen LogP contribution in [0.5, 0.6) is 5.75 Å². The van der Waals surface area contributed by atoms with Crippen molar-refractivity contribution >= 4 is 5.95 Å². The third-order valence-corrected chi connectivity index (χ3v) is 4.44. The van der Waals surface area contributed by atoms with E-state index >= 15 is 0 Å². The lowest BCUT2D eigenvalue weighted by molar-refractivity contribution is 0.404. The molecular formula is C19H19N3O2. The fraction of sp³-hybridized carbons (Fsp3) is 0.263. The van der Waals surface area contributed by atoms with Crippen molar-refractivity contribution in [2.75, 3.05) is 18.6 Å². The van der Waals surface area contributed by atoms with Crippen molar-refractivity contribution in [3.8, 4) is 17.2 Å². The van der Waals surface area contributed by atoms with Crippen molar-refractivity contribution < 1.29 is 9.26 Å². The van der Waals surface area contributed by atoms with E-state index < -0.39 is 0 Å². The summed E-state index contributed by atoms with van der Waals surface area (Å²) in [4.78, 5) is 6.80. The van der Waals surface area contributed by atoms with Crippen LogP contribution in [0, 0.1) is 0 Å². The van der Waals surface area contributed by atoms with Crippen LogP contribution in [0.25, 0.3) is 11.5 Å². The minimum Gasteiger partial charge on any atom is -0.496 e. The second-order valence-electron chi connectivity index (χ2n) is 5.86. The van der Waals surface area contributed by atoms with Gasteiger partial charge in [0.15, 0.2) is 0 Å². The van der Waals surface area contributed by atoms with Crippen LogP contribution in [0.3, 0.4) is 0 Å². The molecule has 2 heterocycles. The highest BCUT2D eigenvalue weighted by Crippen LogP contribution is 2.39. The van der Waals surface area contributed by atoms with Gasteiger partial charge in [-0.25, -0.2) is 0 Å². The summed E-state index contributed by atoms with van der Waals surface area (Å²) >= 11 is 0. The summed E-state index contributed by atoms with van der Waals surface area (Å²) in [5.41, 5.74) is 2.10. The Morgan fingerprint density at radius 2 is 1.88 bits per heavy atom. The molecule has 5 nitrogen and oxygen atoms in total. The van der Waals surface area contributed by atoms with Crippen LogP contribution in [0.2, 0.25) is 0 Å². The molecule has 1 saturated heterocycles. The second-order valence-corrected chi connectivity index (χ2v) is 5.86. The summed E-state index contributed by atoms with van der Waals surface area (Å²) in [5.74, 6) is 2.10. The van der Waals surface area contributed by atoms with Crippen molar-refractivity contribution in [3.63, 3.8) is 0 Å². The predicted octanol–water partition coefficient (Wildman–Crippen LogP) is 4.09. The van der Waals surface area contributed by atoms with Crippen molar-refractivity contribution in [2.45, 2.75) is 18.9 Å². The van der Waals surface area contributed by atoms with Crippen LogP contribution in [0.4, 0.5) is 5.95 Å². The number of anilines is 1. The Kier molecular flexibility index (Phi) is 3.91. The fourth-order valence-electron chi connectivity index (χ4n) is 3.30. The third-order valence-electron chi connectivity index (χ3n) is 4.44. The highest BCUT2D eigenvalue weighted by atomic mass is 16.5. The molecule has 0 radical (unpaired) electrons. The average molecular weight is 321 g/mol. The fourth-order valence-corrected chi connectivity index (χ4v) is 3.30. The Labute approximate surface area is 140 Å². The van der Waals surface area contributed by atoms with Crippen LogP contribution in [0.15, 0.2) is 59.1 Å². The van der Waals surface area contributed by atoms with Crippen LogP contribution < -0.4 is 9.64 Å². The lowest BCUT2D eigenvalue weighted by Crippen LogP contribution is -2.24. The molecule has 0 saturated carbocycles. The van der Waals surface area contributed by atoms with Crippen LogP contribution in [0.1, 0.15) is 24.4 Å². The smallest absolute Gasteiger partial charge is 0.266 e. The van der Waals surface area contributed by atoms with Gasteiger partial charge in [-0.3, -0.25) is 0 Å². The molecule has 122 valence electrons. The Morgan fingerprint density at radius 3 is 2.71 bits per heavy atom. The van der Waals surface area contributed by atoms with Gasteiger partial charge in [0, 0.05) is 17.7 Å². The summed E-state index contributed by atoms with van der Waals surface area (Å²) in [6.07, 6.45) is 2.15. The van der Waals surface area contributed by atoms with Crippen LogP contribution in [-0.2, 0) is 0 Å². The summed E-state index contributed by atoms with van der Waals surface area (Å²) in [5, 5.41) is 4.20. The standard InChI is InChI=1S/C19H19N3O2/c1-23-17-12-6-5-10-15(17)16-11-7-13-22(16)19-20-18(24-21-19)14-8-3-2-4-9-14/h2-6,8-10,12,16H,7,11,13H2,1H3. The van der Waals surface area contributed by atoms with E-state index in [-0.39, 0.29) is 6.04 Å². The van der Waals surface area contributed by atoms with Gasteiger partial charge in [0.25, 0.3) is 11.8 Å². The normalized spacial score (nSPS) is 17.2. The minimum absolute atomic E-state index is 0.211. The van der Waals surface area contributed by atoms with Gasteiger partial charge in [-0.2, -0.15) is 4.98 Å². The first-order chi connectivity index (χ1) is 11.9. The first kappa shape index (κ1) is 14.8. The molecule has 1 unspecified atom stereocenters. The van der Waals surface area contributed by atoms with Gasteiger partial charge in [-0.15, -0.1) is 0 Å². The summed E-state index contributed by atoms with van der Waals surface area (Å²) in [6.45, 7) is 0.913. The van der Waals surface area contributed by atoms with E-state index in [0.717, 1.165) is 30.7 Å². The molecule has 24 heavy (non-hydrogen) atoms. The first-order valence-electron chi connectivity index (χ1n) is 8.15. The molecule has 0 aliphatic carbocycles. The predicted molar refractivity (Wildman–Crippen MR) is 92.0 cm³/mol. The Morgan fingerprint density at radius 1 is 1.08 bits per heavy atom. The lowest BCUT2D eigenvalue weighted by atomic mass is 10.0. The lowest BCUT2D eigenvalue weighted by Gasteiger charge is -2.24. The van der Waals surface area contributed by atoms with E-state index in [4.69, 9.17) is 9.26 Å². The Balaban J connectivity index is 1.65. The maximum atomic E-state index is 5.53. The molecule has 1 fully saturated rings. The minimum atomic E-state index is 0.211. The maximum absolute atomic E-state index is 5.53. The topological polar surface area (TPSA) is 51.4 Å². The van der Waals surface area contributed by atoms with E-state index in [2.05, 4.69) is 21.1 Å². The van der Waals surface area contributed by atoms with Crippen molar-refractivity contribution in [1.82, 2.24) is 10.1 Å².